The Labute approximate surface area is 236 Å². The van der Waals surface area contributed by atoms with Crippen LogP contribution in [0.25, 0.3) is 5.57 Å². The number of nitrogens with zero attached hydrogens (tertiary/aromatic N) is 3. The Morgan fingerprint density at radius 2 is 1.86 bits per heavy atom. The minimum absolute atomic E-state index is 0.0427. The summed E-state index contributed by atoms with van der Waals surface area (Å²) in [6, 6.07) is 6.50. The number of alkyl halides is 5. The fraction of sp³-hybridized carbons (Fsp3) is 0.379. The number of hydrogen-bond donors (Lipinski definition) is 0. The Hall–Kier alpha value is -3.84. The van der Waals surface area contributed by atoms with Crippen LogP contribution in [0.15, 0.2) is 60.2 Å². The number of rotatable bonds is 7. The number of pyridine rings is 1. The van der Waals surface area contributed by atoms with Crippen LogP contribution in [-0.4, -0.2) is 69.9 Å². The number of ether oxygens (including phenoxy) is 1. The molecule has 7 nitrogen and oxygen atoms in total. The van der Waals surface area contributed by atoms with Gasteiger partial charge in [0.05, 0.1) is 18.2 Å². The summed E-state index contributed by atoms with van der Waals surface area (Å²) < 4.78 is 86.4. The van der Waals surface area contributed by atoms with Crippen molar-refractivity contribution in [1.82, 2.24) is 14.8 Å². The molecule has 1 aliphatic heterocycles. The first-order chi connectivity index (χ1) is 19.8. The van der Waals surface area contributed by atoms with Crippen molar-refractivity contribution in [2.75, 3.05) is 19.8 Å². The maximum atomic E-state index is 13.6. The monoisotopic (exact) mass is 593 g/mol. The molecule has 13 heteroatoms. The Bertz CT molecular complexity index is 1470. The second-order valence-electron chi connectivity index (χ2n) is 10.4. The van der Waals surface area contributed by atoms with E-state index in [2.05, 4.69) is 4.98 Å². The van der Waals surface area contributed by atoms with Gasteiger partial charge in [0.25, 0.3) is 6.43 Å². The zero-order valence-electron chi connectivity index (χ0n) is 22.2. The summed E-state index contributed by atoms with van der Waals surface area (Å²) in [5.41, 5.74) is -1.32. The molecule has 222 valence electrons. The van der Waals surface area contributed by atoms with Crippen molar-refractivity contribution in [1.29, 1.82) is 0 Å². The van der Waals surface area contributed by atoms with Crippen LogP contribution >= 0.6 is 0 Å². The smallest absolute Gasteiger partial charge is 0.346 e. The molecular weight excluding hydrogens is 568 g/mol. The molecule has 0 radical (unpaired) electrons. The summed E-state index contributed by atoms with van der Waals surface area (Å²) in [5.74, 6) is -3.30. The van der Waals surface area contributed by atoms with E-state index in [-0.39, 0.29) is 31.0 Å². The van der Waals surface area contributed by atoms with Gasteiger partial charge in [0.15, 0.2) is 17.2 Å². The Balaban J connectivity index is 1.35. The van der Waals surface area contributed by atoms with Crippen LogP contribution in [0.3, 0.4) is 0 Å². The Morgan fingerprint density at radius 3 is 2.52 bits per heavy atom. The summed E-state index contributed by atoms with van der Waals surface area (Å²) in [4.78, 5) is 45.6. The Morgan fingerprint density at radius 1 is 1.14 bits per heavy atom. The number of hydrogen-bond acceptors (Lipinski definition) is 6. The first-order valence-corrected chi connectivity index (χ1v) is 13.0. The van der Waals surface area contributed by atoms with Gasteiger partial charge in [-0.2, -0.15) is 13.2 Å². The molecule has 5 rings (SSSR count). The first kappa shape index (κ1) is 29.6. The maximum Gasteiger partial charge on any atom is 0.408 e. The number of carbonyl (C=O) groups is 3. The van der Waals surface area contributed by atoms with E-state index in [0.717, 1.165) is 25.1 Å². The molecule has 3 aliphatic rings. The fourth-order valence-electron chi connectivity index (χ4n) is 5.50. The molecule has 1 spiro atoms. The highest BCUT2D eigenvalue weighted by Gasteiger charge is 2.58. The van der Waals surface area contributed by atoms with Crippen LogP contribution in [0.2, 0.25) is 0 Å². The molecule has 3 atom stereocenters. The highest BCUT2D eigenvalue weighted by atomic mass is 19.4. The highest BCUT2D eigenvalue weighted by molar-refractivity contribution is 6.25. The molecule has 0 N–H and O–H groups in total. The molecule has 1 saturated heterocycles. The number of fused-ring (bicyclic) bond motifs is 2. The van der Waals surface area contributed by atoms with Crippen LogP contribution in [0, 0.1) is 11.7 Å². The molecule has 1 amide bonds. The van der Waals surface area contributed by atoms with Crippen LogP contribution in [0.1, 0.15) is 36.7 Å². The molecule has 1 aromatic heterocycles. The van der Waals surface area contributed by atoms with Crippen molar-refractivity contribution < 1.29 is 45.5 Å². The summed E-state index contributed by atoms with van der Waals surface area (Å²) in [6.07, 6.45) is -4.88. The standard InChI is InChI=1S/C29H25F6N3O4/c1-16(29(33,34)35)38(12-17-5-7-18(30)8-6-17)25(40)13-37-14-28(42-15-37)21-10-9-19(26(41)20(21)11-24(28)39)22-3-2-4-23(36-22)27(31)32/h2-10,16,20,27H,11-15H2,1H3/t16-,20?,28-/m0/s1. The van der Waals surface area contributed by atoms with Crippen LogP contribution < -0.4 is 0 Å². The fourth-order valence-corrected chi connectivity index (χ4v) is 5.50. The van der Waals surface area contributed by atoms with Gasteiger partial charge < -0.3 is 9.64 Å². The van der Waals surface area contributed by atoms with Crippen molar-refractivity contribution in [3.05, 3.63) is 83.0 Å². The number of carbonyl (C=O) groups excluding carboxylic acids is 3. The van der Waals surface area contributed by atoms with Gasteiger partial charge >= 0.3 is 6.18 Å². The minimum atomic E-state index is -4.73. The number of halogens is 6. The molecular formula is C29H25F6N3O4. The molecule has 2 aromatic rings. The highest BCUT2D eigenvalue weighted by Crippen LogP contribution is 2.47. The van der Waals surface area contributed by atoms with Crippen molar-refractivity contribution in [2.45, 2.75) is 44.1 Å². The third-order valence-corrected chi connectivity index (χ3v) is 7.79. The SMILES string of the molecule is C[C@H](N(Cc1ccc(F)cc1)C(=O)CN1CO[C@]2(C1)C(=O)CC1C(=O)C(c3cccc(C(F)F)n3)=CC=C12)C(F)(F)F. The first-order valence-electron chi connectivity index (χ1n) is 13.0. The van der Waals surface area contributed by atoms with Gasteiger partial charge in [-0.1, -0.05) is 24.3 Å². The van der Waals surface area contributed by atoms with Crippen LogP contribution in [-0.2, 0) is 25.7 Å². The average Bonchev–Trinajstić information content (AvgIpc) is 3.49. The quantitative estimate of drug-likeness (QED) is 0.435. The molecule has 2 fully saturated rings. The summed E-state index contributed by atoms with van der Waals surface area (Å²) in [7, 11) is 0. The molecule has 1 unspecified atom stereocenters. The van der Waals surface area contributed by atoms with E-state index in [0.29, 0.717) is 16.0 Å². The third kappa shape index (κ3) is 5.50. The van der Waals surface area contributed by atoms with Gasteiger partial charge in [0, 0.05) is 25.1 Å². The normalized spacial score (nSPS) is 23.3. The predicted octanol–water partition coefficient (Wildman–Crippen LogP) is 4.65. The number of Topliss-reactive ketones (excluding diaryl/α,β-unsaturated/α-hetero) is 2. The second kappa shape index (κ2) is 11.1. The molecule has 0 bridgehead atoms. The number of ketones is 2. The van der Waals surface area contributed by atoms with E-state index in [4.69, 9.17) is 4.74 Å². The van der Waals surface area contributed by atoms with Crippen molar-refractivity contribution in [3.63, 3.8) is 0 Å². The Kier molecular flexibility index (Phi) is 7.84. The predicted molar refractivity (Wildman–Crippen MR) is 136 cm³/mol. The molecule has 42 heavy (non-hydrogen) atoms. The van der Waals surface area contributed by atoms with E-state index >= 15 is 0 Å². The van der Waals surface area contributed by atoms with E-state index in [9.17, 15) is 40.7 Å². The van der Waals surface area contributed by atoms with Gasteiger partial charge in [-0.25, -0.2) is 18.2 Å². The molecule has 1 saturated carbocycles. The lowest BCUT2D eigenvalue weighted by atomic mass is 9.82. The molecule has 2 heterocycles. The van der Waals surface area contributed by atoms with Gasteiger partial charge in [-0.05, 0) is 48.4 Å². The van der Waals surface area contributed by atoms with E-state index < -0.39 is 72.2 Å². The van der Waals surface area contributed by atoms with Crippen molar-refractivity contribution in [3.8, 4) is 0 Å². The van der Waals surface area contributed by atoms with Crippen molar-refractivity contribution >= 4 is 23.0 Å². The summed E-state index contributed by atoms with van der Waals surface area (Å²) in [6.45, 7) is -0.499. The zero-order chi connectivity index (χ0) is 30.4. The number of allylic oxidation sites excluding steroid dienone is 3. The van der Waals surface area contributed by atoms with E-state index in [1.54, 1.807) is 0 Å². The number of benzene rings is 1. The molecule has 1 aromatic carbocycles. The lowest BCUT2D eigenvalue weighted by Crippen LogP contribution is -2.50. The third-order valence-electron chi connectivity index (χ3n) is 7.79. The van der Waals surface area contributed by atoms with Gasteiger partial charge in [-0.15, -0.1) is 0 Å². The average molecular weight is 594 g/mol. The van der Waals surface area contributed by atoms with Gasteiger partial charge in [0.2, 0.25) is 5.91 Å². The van der Waals surface area contributed by atoms with Crippen molar-refractivity contribution in [2.24, 2.45) is 5.92 Å². The lowest BCUT2D eigenvalue weighted by Gasteiger charge is -2.32. The number of amides is 1. The molecule has 2 aliphatic carbocycles. The summed E-state index contributed by atoms with van der Waals surface area (Å²) >= 11 is 0. The van der Waals surface area contributed by atoms with Gasteiger partial charge in [-0.3, -0.25) is 19.3 Å². The summed E-state index contributed by atoms with van der Waals surface area (Å²) in [5, 5.41) is 0. The van der Waals surface area contributed by atoms with Crippen LogP contribution in [0.5, 0.6) is 0 Å². The minimum Gasteiger partial charge on any atom is -0.346 e. The lowest BCUT2D eigenvalue weighted by molar-refractivity contribution is -0.187. The van der Waals surface area contributed by atoms with Crippen LogP contribution in [0.4, 0.5) is 26.3 Å². The largest absolute Gasteiger partial charge is 0.408 e. The maximum absolute atomic E-state index is 13.6. The zero-order valence-corrected chi connectivity index (χ0v) is 22.2. The topological polar surface area (TPSA) is 79.8 Å². The number of aromatic nitrogens is 1. The van der Waals surface area contributed by atoms with E-state index in [1.165, 1.54) is 41.3 Å². The van der Waals surface area contributed by atoms with E-state index in [1.807, 2.05) is 0 Å². The second-order valence-corrected chi connectivity index (χ2v) is 10.4. The van der Waals surface area contributed by atoms with Gasteiger partial charge in [0.1, 0.15) is 24.3 Å².